The molecule has 0 aliphatic carbocycles. The minimum Gasteiger partial charge on any atom is -0.373 e. The predicted octanol–water partition coefficient (Wildman–Crippen LogP) is 0.349. The number of imidazole rings is 1. The van der Waals surface area contributed by atoms with E-state index in [1.807, 2.05) is 24.0 Å². The van der Waals surface area contributed by atoms with Crippen LogP contribution in [-0.2, 0) is 21.6 Å². The molecule has 0 radical (unpaired) electrons. The zero-order chi connectivity index (χ0) is 17.2. The summed E-state index contributed by atoms with van der Waals surface area (Å²) in [6.07, 6.45) is 5.40. The van der Waals surface area contributed by atoms with Crippen molar-refractivity contribution in [2.45, 2.75) is 38.0 Å². The van der Waals surface area contributed by atoms with Crippen LogP contribution in [0.5, 0.6) is 0 Å². The summed E-state index contributed by atoms with van der Waals surface area (Å²) in [5.74, 6) is 1.56. The highest BCUT2D eigenvalue weighted by atomic mass is 32.2. The normalized spacial score (nSPS) is 31.2. The first-order chi connectivity index (χ1) is 11.5. The highest BCUT2D eigenvalue weighted by Crippen LogP contribution is 2.28. The number of rotatable bonds is 5. The molecule has 136 valence electrons. The zero-order valence-electron chi connectivity index (χ0n) is 14.5. The third-order valence-corrected chi connectivity index (χ3v) is 6.88. The van der Waals surface area contributed by atoms with Gasteiger partial charge in [-0.2, -0.15) is 0 Å². The lowest BCUT2D eigenvalue weighted by Gasteiger charge is -2.41. The number of likely N-dealkylation sites (N-methyl/N-ethyl adjacent to an activating group) is 1. The van der Waals surface area contributed by atoms with E-state index in [9.17, 15) is 8.42 Å². The van der Waals surface area contributed by atoms with Gasteiger partial charge in [0.05, 0.1) is 30.3 Å². The summed E-state index contributed by atoms with van der Waals surface area (Å²) in [7, 11) is -0.891. The highest BCUT2D eigenvalue weighted by Gasteiger charge is 2.36. The maximum absolute atomic E-state index is 11.8. The van der Waals surface area contributed by atoms with Crippen molar-refractivity contribution >= 4 is 9.84 Å². The smallest absolute Gasteiger partial charge is 0.151 e. The van der Waals surface area contributed by atoms with Crippen molar-refractivity contribution in [3.8, 4) is 0 Å². The van der Waals surface area contributed by atoms with Crippen LogP contribution in [0, 0.1) is 0 Å². The Balaban J connectivity index is 1.69. The van der Waals surface area contributed by atoms with Crippen LogP contribution in [0.4, 0.5) is 0 Å². The first-order valence-electron chi connectivity index (χ1n) is 8.77. The molecule has 0 spiro atoms. The van der Waals surface area contributed by atoms with Crippen molar-refractivity contribution in [3.63, 3.8) is 0 Å². The lowest BCUT2D eigenvalue weighted by molar-refractivity contribution is -0.0736. The van der Waals surface area contributed by atoms with Gasteiger partial charge in [-0.1, -0.05) is 6.92 Å². The quantitative estimate of drug-likeness (QED) is 0.820. The maximum atomic E-state index is 11.8. The fourth-order valence-electron chi connectivity index (χ4n) is 3.77. The first-order valence-corrected chi connectivity index (χ1v) is 10.6. The number of morpholine rings is 1. The predicted molar refractivity (Wildman–Crippen MR) is 92.6 cm³/mol. The molecule has 1 aromatic heterocycles. The van der Waals surface area contributed by atoms with Gasteiger partial charge in [0.1, 0.15) is 5.82 Å². The van der Waals surface area contributed by atoms with Gasteiger partial charge in [0.2, 0.25) is 0 Å². The number of aromatic nitrogens is 2. The molecule has 2 aliphatic heterocycles. The van der Waals surface area contributed by atoms with Crippen LogP contribution < -0.4 is 5.32 Å². The van der Waals surface area contributed by atoms with Gasteiger partial charge in [-0.3, -0.25) is 4.90 Å². The van der Waals surface area contributed by atoms with Crippen molar-refractivity contribution in [2.24, 2.45) is 7.05 Å². The molecule has 7 nitrogen and oxygen atoms in total. The molecule has 1 aromatic rings. The summed E-state index contributed by atoms with van der Waals surface area (Å²) in [4.78, 5) is 6.91. The van der Waals surface area contributed by atoms with Crippen LogP contribution >= 0.6 is 0 Å². The van der Waals surface area contributed by atoms with Crippen LogP contribution in [0.25, 0.3) is 0 Å². The standard InChI is InChI=1S/C16H28N4O3S/c1-3-20-8-9-23-14(15(20)16-17-6-7-19(16)2)11-18-13-5-4-10-24(21,22)12-13/h6-7,13-15,18H,3-5,8-12H2,1-2H3/t13?,14-,15+/m0/s1. The van der Waals surface area contributed by atoms with E-state index >= 15 is 0 Å². The molecule has 3 heterocycles. The third-order valence-electron chi connectivity index (χ3n) is 5.06. The lowest BCUT2D eigenvalue weighted by atomic mass is 10.0. The van der Waals surface area contributed by atoms with E-state index in [2.05, 4.69) is 22.1 Å². The lowest BCUT2D eigenvalue weighted by Crippen LogP contribution is -2.52. The van der Waals surface area contributed by atoms with Crippen molar-refractivity contribution in [1.29, 1.82) is 0 Å². The fourth-order valence-corrected chi connectivity index (χ4v) is 5.44. The Hall–Kier alpha value is -0.960. The third kappa shape index (κ3) is 3.99. The number of nitrogens with one attached hydrogen (secondary N) is 1. The average Bonchev–Trinajstić information content (AvgIpc) is 2.97. The van der Waals surface area contributed by atoms with Crippen LogP contribution in [0.2, 0.25) is 0 Å². The van der Waals surface area contributed by atoms with Gasteiger partial charge in [-0.25, -0.2) is 13.4 Å². The molecule has 1 N–H and O–H groups in total. The van der Waals surface area contributed by atoms with Crippen LogP contribution in [0.15, 0.2) is 12.4 Å². The van der Waals surface area contributed by atoms with Crippen LogP contribution in [0.1, 0.15) is 31.6 Å². The molecular weight excluding hydrogens is 328 g/mol. The number of hydrogen-bond acceptors (Lipinski definition) is 6. The summed E-state index contributed by atoms with van der Waals surface area (Å²) >= 11 is 0. The second kappa shape index (κ2) is 7.51. The molecular formula is C16H28N4O3S. The SMILES string of the molecule is CCN1CCO[C@@H](CNC2CCCS(=O)(=O)C2)[C@@H]1c1nccn1C. The number of ether oxygens (including phenoxy) is 1. The summed E-state index contributed by atoms with van der Waals surface area (Å²) in [6.45, 7) is 5.33. The van der Waals surface area contributed by atoms with Crippen LogP contribution in [-0.4, -0.2) is 72.8 Å². The van der Waals surface area contributed by atoms with Crippen molar-refractivity contribution < 1.29 is 13.2 Å². The van der Waals surface area contributed by atoms with E-state index in [4.69, 9.17) is 4.74 Å². The second-order valence-electron chi connectivity index (χ2n) is 6.74. The molecule has 3 atom stereocenters. The Bertz CT molecular complexity index is 646. The Kier molecular flexibility index (Phi) is 5.59. The average molecular weight is 356 g/mol. The summed E-state index contributed by atoms with van der Waals surface area (Å²) in [5.41, 5.74) is 0. The van der Waals surface area contributed by atoms with E-state index in [0.29, 0.717) is 18.9 Å². The fraction of sp³-hybridized carbons (Fsp3) is 0.812. The van der Waals surface area contributed by atoms with Gasteiger partial charge >= 0.3 is 0 Å². The van der Waals surface area contributed by atoms with Crippen molar-refractivity contribution in [3.05, 3.63) is 18.2 Å². The van der Waals surface area contributed by atoms with Crippen LogP contribution in [0.3, 0.4) is 0 Å². The molecule has 0 saturated carbocycles. The van der Waals surface area contributed by atoms with Gasteiger partial charge in [-0.05, 0) is 19.4 Å². The molecule has 2 saturated heterocycles. The largest absolute Gasteiger partial charge is 0.373 e. The van der Waals surface area contributed by atoms with Crippen molar-refractivity contribution in [2.75, 3.05) is 37.7 Å². The summed E-state index contributed by atoms with van der Waals surface area (Å²) in [6, 6.07) is 0.128. The minimum atomic E-state index is -2.89. The molecule has 2 fully saturated rings. The molecule has 2 aliphatic rings. The van der Waals surface area contributed by atoms with E-state index in [1.165, 1.54) is 0 Å². The van der Waals surface area contributed by atoms with Gasteiger partial charge < -0.3 is 14.6 Å². The zero-order valence-corrected chi connectivity index (χ0v) is 15.3. The first kappa shape index (κ1) is 17.8. The molecule has 0 amide bonds. The van der Waals surface area contributed by atoms with E-state index in [-0.39, 0.29) is 23.9 Å². The highest BCUT2D eigenvalue weighted by molar-refractivity contribution is 7.91. The molecule has 0 bridgehead atoms. The van der Waals surface area contributed by atoms with Crippen molar-refractivity contribution in [1.82, 2.24) is 19.8 Å². The minimum absolute atomic E-state index is 0.0237. The molecule has 0 aromatic carbocycles. The molecule has 1 unspecified atom stereocenters. The van der Waals surface area contributed by atoms with Gasteiger partial charge in [0, 0.05) is 38.6 Å². The van der Waals surface area contributed by atoms with Gasteiger partial charge in [0.15, 0.2) is 9.84 Å². The monoisotopic (exact) mass is 356 g/mol. The number of hydrogen-bond donors (Lipinski definition) is 1. The Morgan fingerprint density at radius 2 is 2.29 bits per heavy atom. The topological polar surface area (TPSA) is 76.5 Å². The number of sulfone groups is 1. The van der Waals surface area contributed by atoms with E-state index < -0.39 is 9.84 Å². The second-order valence-corrected chi connectivity index (χ2v) is 8.97. The van der Waals surface area contributed by atoms with Gasteiger partial charge in [0.25, 0.3) is 0 Å². The molecule has 24 heavy (non-hydrogen) atoms. The maximum Gasteiger partial charge on any atom is 0.151 e. The Morgan fingerprint density at radius 1 is 1.46 bits per heavy atom. The molecule has 8 heteroatoms. The Labute approximate surface area is 144 Å². The number of nitrogens with zero attached hydrogens (tertiary/aromatic N) is 3. The Morgan fingerprint density at radius 3 is 2.96 bits per heavy atom. The van der Waals surface area contributed by atoms with Gasteiger partial charge in [-0.15, -0.1) is 0 Å². The summed E-state index contributed by atoms with van der Waals surface area (Å²) in [5, 5.41) is 3.44. The van der Waals surface area contributed by atoms with E-state index in [1.54, 1.807) is 0 Å². The molecule has 3 rings (SSSR count). The number of aryl methyl sites for hydroxylation is 1. The van der Waals surface area contributed by atoms with E-state index in [0.717, 1.165) is 31.8 Å². The summed E-state index contributed by atoms with van der Waals surface area (Å²) < 4.78 is 31.7.